The molecule has 1 rings (SSSR count). The number of nitrogens with zero attached hydrogens (tertiary/aromatic N) is 1. The number of carbonyl (C=O) groups excluding carboxylic acids is 4. The maximum Gasteiger partial charge on any atom is 0.325 e. The molecule has 1 N–H and O–H groups in total. The fourth-order valence-corrected chi connectivity index (χ4v) is 2.59. The number of nitrogens with one attached hydrogen (secondary N) is 1. The second-order valence-electron chi connectivity index (χ2n) is 6.78. The second-order valence-corrected chi connectivity index (χ2v) is 6.78. The van der Waals surface area contributed by atoms with Crippen LogP contribution < -0.4 is 5.32 Å². The number of hydrogen-bond donors (Lipinski definition) is 1. The van der Waals surface area contributed by atoms with Crippen molar-refractivity contribution in [2.45, 2.75) is 46.5 Å². The van der Waals surface area contributed by atoms with Gasteiger partial charge in [0.05, 0.1) is 12.5 Å². The number of amides is 2. The van der Waals surface area contributed by atoms with E-state index in [9.17, 15) is 19.2 Å². The fourth-order valence-electron chi connectivity index (χ4n) is 2.59. The number of ether oxygens (including phenoxy) is 2. The van der Waals surface area contributed by atoms with E-state index in [-0.39, 0.29) is 36.9 Å². The van der Waals surface area contributed by atoms with Crippen molar-refractivity contribution in [3.63, 3.8) is 0 Å². The molecule has 0 unspecified atom stereocenters. The Bertz CT molecular complexity index is 498. The van der Waals surface area contributed by atoms with Crippen LogP contribution in [0.2, 0.25) is 0 Å². The van der Waals surface area contributed by atoms with Gasteiger partial charge in [-0.05, 0) is 32.1 Å². The number of hydrogen-bond acceptors (Lipinski definition) is 6. The van der Waals surface area contributed by atoms with Crippen LogP contribution in [0.4, 0.5) is 0 Å². The van der Waals surface area contributed by atoms with E-state index in [4.69, 9.17) is 9.47 Å². The third-order valence-corrected chi connectivity index (χ3v) is 4.20. The highest BCUT2D eigenvalue weighted by Crippen LogP contribution is 2.18. The maximum atomic E-state index is 12.1. The smallest absolute Gasteiger partial charge is 0.325 e. The molecule has 0 aromatic carbocycles. The lowest BCUT2D eigenvalue weighted by atomic mass is 9.97. The Labute approximate surface area is 154 Å². The van der Waals surface area contributed by atoms with Crippen LogP contribution >= 0.6 is 0 Å². The van der Waals surface area contributed by atoms with Crippen LogP contribution in [0.5, 0.6) is 0 Å². The van der Waals surface area contributed by atoms with Crippen LogP contribution in [0.1, 0.15) is 46.5 Å². The summed E-state index contributed by atoms with van der Waals surface area (Å²) < 4.78 is 9.90. The topological polar surface area (TPSA) is 102 Å². The van der Waals surface area contributed by atoms with Crippen LogP contribution in [0.15, 0.2) is 0 Å². The average molecular weight is 370 g/mol. The molecule has 0 spiro atoms. The zero-order valence-electron chi connectivity index (χ0n) is 15.9. The lowest BCUT2D eigenvalue weighted by molar-refractivity contribution is -0.154. The zero-order chi connectivity index (χ0) is 19.5. The lowest BCUT2D eigenvalue weighted by Gasteiger charge is -2.30. The molecule has 148 valence electrons. The SMILES string of the molecule is CCOC(=O)C1CCN(C(=O)COC(=O)CNC(=O)CCC(C)C)CC1. The van der Waals surface area contributed by atoms with Crippen molar-refractivity contribution < 1.29 is 28.7 Å². The molecule has 1 aliphatic heterocycles. The third-order valence-electron chi connectivity index (χ3n) is 4.20. The van der Waals surface area contributed by atoms with Gasteiger partial charge >= 0.3 is 11.9 Å². The fraction of sp³-hybridized carbons (Fsp3) is 0.778. The monoisotopic (exact) mass is 370 g/mol. The van der Waals surface area contributed by atoms with Crippen molar-refractivity contribution in [3.8, 4) is 0 Å². The van der Waals surface area contributed by atoms with Gasteiger partial charge in [-0.15, -0.1) is 0 Å². The molecule has 1 fully saturated rings. The number of piperidine rings is 1. The first-order chi connectivity index (χ1) is 12.3. The highest BCUT2D eigenvalue weighted by atomic mass is 16.5. The molecule has 0 saturated carbocycles. The van der Waals surface area contributed by atoms with E-state index in [2.05, 4.69) is 5.32 Å². The minimum Gasteiger partial charge on any atom is -0.466 e. The minimum atomic E-state index is -0.641. The molecule has 0 radical (unpaired) electrons. The van der Waals surface area contributed by atoms with Crippen LogP contribution in [-0.2, 0) is 28.7 Å². The first-order valence-corrected chi connectivity index (χ1v) is 9.20. The maximum absolute atomic E-state index is 12.1. The summed E-state index contributed by atoms with van der Waals surface area (Å²) in [7, 11) is 0. The Balaban J connectivity index is 2.21. The molecular formula is C18H30N2O6. The van der Waals surface area contributed by atoms with E-state index < -0.39 is 5.97 Å². The number of rotatable bonds is 9. The highest BCUT2D eigenvalue weighted by Gasteiger charge is 2.28. The molecule has 0 aromatic rings. The predicted molar refractivity (Wildman–Crippen MR) is 94.0 cm³/mol. The Kier molecular flexibility index (Phi) is 9.69. The number of carbonyl (C=O) groups is 4. The number of likely N-dealkylation sites (tertiary alicyclic amines) is 1. The van der Waals surface area contributed by atoms with Gasteiger partial charge in [0, 0.05) is 19.5 Å². The van der Waals surface area contributed by atoms with E-state index >= 15 is 0 Å². The van der Waals surface area contributed by atoms with Crippen molar-refractivity contribution in [3.05, 3.63) is 0 Å². The van der Waals surface area contributed by atoms with Gasteiger partial charge in [0.15, 0.2) is 6.61 Å². The normalized spacial score (nSPS) is 14.8. The van der Waals surface area contributed by atoms with E-state index in [1.165, 1.54) is 0 Å². The van der Waals surface area contributed by atoms with Crippen molar-refractivity contribution in [2.75, 3.05) is 32.8 Å². The van der Waals surface area contributed by atoms with Crippen LogP contribution in [-0.4, -0.2) is 61.5 Å². The molecule has 2 amide bonds. The van der Waals surface area contributed by atoms with E-state index in [1.54, 1.807) is 11.8 Å². The van der Waals surface area contributed by atoms with Gasteiger partial charge in [0.1, 0.15) is 6.54 Å². The van der Waals surface area contributed by atoms with Gasteiger partial charge in [-0.2, -0.15) is 0 Å². The van der Waals surface area contributed by atoms with Gasteiger partial charge in [0.2, 0.25) is 5.91 Å². The molecule has 0 bridgehead atoms. The molecule has 0 aliphatic carbocycles. The highest BCUT2D eigenvalue weighted by molar-refractivity contribution is 5.84. The standard InChI is InChI=1S/C18H30N2O6/c1-4-25-18(24)14-7-9-20(10-8-14)16(22)12-26-17(23)11-19-15(21)6-5-13(2)3/h13-14H,4-12H2,1-3H3,(H,19,21). The molecule has 1 heterocycles. The Hall–Kier alpha value is -2.12. The average Bonchev–Trinajstić information content (AvgIpc) is 2.63. The summed E-state index contributed by atoms with van der Waals surface area (Å²) in [5.41, 5.74) is 0. The molecule has 26 heavy (non-hydrogen) atoms. The van der Waals surface area contributed by atoms with Gasteiger partial charge in [-0.25, -0.2) is 0 Å². The van der Waals surface area contributed by atoms with Gasteiger partial charge < -0.3 is 19.7 Å². The second kappa shape index (κ2) is 11.5. The molecule has 8 nitrogen and oxygen atoms in total. The Morgan fingerprint density at radius 1 is 1.12 bits per heavy atom. The van der Waals surface area contributed by atoms with Crippen LogP contribution in [0.3, 0.4) is 0 Å². The van der Waals surface area contributed by atoms with Gasteiger partial charge in [0.25, 0.3) is 5.91 Å². The lowest BCUT2D eigenvalue weighted by Crippen LogP contribution is -2.43. The quantitative estimate of drug-likeness (QED) is 0.605. The third kappa shape index (κ3) is 8.31. The van der Waals surface area contributed by atoms with Crippen molar-refractivity contribution in [1.82, 2.24) is 10.2 Å². The summed E-state index contributed by atoms with van der Waals surface area (Å²) >= 11 is 0. The van der Waals surface area contributed by atoms with Crippen LogP contribution in [0, 0.1) is 11.8 Å². The molecule has 1 aliphatic rings. The Morgan fingerprint density at radius 3 is 2.35 bits per heavy atom. The molecule has 0 atom stereocenters. The van der Waals surface area contributed by atoms with E-state index in [0.717, 1.165) is 6.42 Å². The van der Waals surface area contributed by atoms with Crippen molar-refractivity contribution in [1.29, 1.82) is 0 Å². The van der Waals surface area contributed by atoms with Crippen LogP contribution in [0.25, 0.3) is 0 Å². The molecule has 0 aromatic heterocycles. The van der Waals surface area contributed by atoms with Crippen molar-refractivity contribution >= 4 is 23.8 Å². The summed E-state index contributed by atoms with van der Waals surface area (Å²) in [5, 5.41) is 2.48. The summed E-state index contributed by atoms with van der Waals surface area (Å²) in [4.78, 5) is 48.5. The first kappa shape index (κ1) is 21.9. The predicted octanol–water partition coefficient (Wildman–Crippen LogP) is 0.884. The summed E-state index contributed by atoms with van der Waals surface area (Å²) in [5.74, 6) is -1.13. The first-order valence-electron chi connectivity index (χ1n) is 9.20. The molecule has 1 saturated heterocycles. The largest absolute Gasteiger partial charge is 0.466 e. The number of esters is 2. The molecular weight excluding hydrogens is 340 g/mol. The van der Waals surface area contributed by atoms with E-state index in [0.29, 0.717) is 44.9 Å². The molecule has 8 heteroatoms. The minimum absolute atomic E-state index is 0.178. The summed E-state index contributed by atoms with van der Waals surface area (Å²) in [6, 6.07) is 0. The van der Waals surface area contributed by atoms with Gasteiger partial charge in [-0.1, -0.05) is 13.8 Å². The summed E-state index contributed by atoms with van der Waals surface area (Å²) in [6.45, 7) is 6.42. The Morgan fingerprint density at radius 2 is 1.77 bits per heavy atom. The van der Waals surface area contributed by atoms with E-state index in [1.807, 2.05) is 13.8 Å². The van der Waals surface area contributed by atoms with Gasteiger partial charge in [-0.3, -0.25) is 19.2 Å². The zero-order valence-corrected chi connectivity index (χ0v) is 15.9. The van der Waals surface area contributed by atoms with Crippen molar-refractivity contribution in [2.24, 2.45) is 11.8 Å². The summed E-state index contributed by atoms with van der Waals surface area (Å²) in [6.07, 6.45) is 2.20.